The van der Waals surface area contributed by atoms with E-state index >= 15 is 0 Å². The Morgan fingerprint density at radius 1 is 1.07 bits per heavy atom. The number of aryl methyl sites for hydroxylation is 1. The van der Waals surface area contributed by atoms with E-state index in [4.69, 9.17) is 0 Å². The van der Waals surface area contributed by atoms with Crippen molar-refractivity contribution in [2.24, 2.45) is 0 Å². The summed E-state index contributed by atoms with van der Waals surface area (Å²) in [6, 6.07) is 14.8. The smallest absolute Gasteiger partial charge is 0.243 e. The largest absolute Gasteiger partial charge is 0.255 e. The van der Waals surface area contributed by atoms with E-state index in [9.17, 15) is 8.42 Å². The van der Waals surface area contributed by atoms with Crippen molar-refractivity contribution in [3.63, 3.8) is 0 Å². The van der Waals surface area contributed by atoms with Crippen molar-refractivity contribution >= 4 is 20.9 Å². The summed E-state index contributed by atoms with van der Waals surface area (Å²) < 4.78 is 30.0. The Labute approximate surface area is 163 Å². The van der Waals surface area contributed by atoms with Crippen LogP contribution in [0.25, 0.3) is 10.9 Å². The highest BCUT2D eigenvalue weighted by molar-refractivity contribution is 7.89. The molecular weight excluding hydrogens is 374 g/mol. The molecule has 0 aliphatic heterocycles. The average molecular weight is 393 g/mol. The Morgan fingerprint density at radius 3 is 2.61 bits per heavy atom. The molecule has 0 saturated carbocycles. The fourth-order valence-corrected chi connectivity index (χ4v) is 4.17. The lowest BCUT2D eigenvalue weighted by Crippen LogP contribution is -2.23. The van der Waals surface area contributed by atoms with E-state index < -0.39 is 10.0 Å². The minimum atomic E-state index is -3.68. The first-order valence-electron chi connectivity index (χ1n) is 8.76. The van der Waals surface area contributed by atoms with Crippen LogP contribution >= 0.6 is 0 Å². The topological polar surface area (TPSA) is 89.8 Å². The predicted molar refractivity (Wildman–Crippen MR) is 106 cm³/mol. The van der Waals surface area contributed by atoms with Gasteiger partial charge in [-0.3, -0.25) is 4.98 Å². The molecule has 2 aromatic carbocycles. The summed E-state index contributed by atoms with van der Waals surface area (Å²) in [5, 5.41) is 4.88. The molecule has 4 aromatic rings. The van der Waals surface area contributed by atoms with Crippen LogP contribution in [0.2, 0.25) is 0 Å². The van der Waals surface area contributed by atoms with E-state index in [1.54, 1.807) is 29.3 Å². The van der Waals surface area contributed by atoms with Crippen LogP contribution in [0.15, 0.2) is 72.3 Å². The maximum atomic E-state index is 12.8. The number of nitrogens with one attached hydrogen (secondary N) is 1. The molecule has 0 radical (unpaired) electrons. The highest BCUT2D eigenvalue weighted by Gasteiger charge is 2.18. The summed E-state index contributed by atoms with van der Waals surface area (Å²) >= 11 is 0. The van der Waals surface area contributed by atoms with Gasteiger partial charge in [0.1, 0.15) is 17.6 Å². The molecule has 0 saturated heterocycles. The summed E-state index contributed by atoms with van der Waals surface area (Å²) in [5.74, 6) is 0. The van der Waals surface area contributed by atoms with Crippen molar-refractivity contribution in [2.75, 3.05) is 0 Å². The molecule has 0 unspecified atom stereocenters. The highest BCUT2D eigenvalue weighted by Crippen LogP contribution is 2.22. The van der Waals surface area contributed by atoms with Crippen LogP contribution in [0, 0.1) is 6.92 Å². The third kappa shape index (κ3) is 3.92. The zero-order valence-corrected chi connectivity index (χ0v) is 16.1. The lowest BCUT2D eigenvalue weighted by molar-refractivity contribution is 0.582. The number of hydrogen-bond acceptors (Lipinski definition) is 5. The van der Waals surface area contributed by atoms with Gasteiger partial charge in [0.05, 0.1) is 12.1 Å². The number of para-hydroxylation sites is 1. The van der Waals surface area contributed by atoms with Gasteiger partial charge in [-0.25, -0.2) is 22.8 Å². The van der Waals surface area contributed by atoms with Crippen molar-refractivity contribution < 1.29 is 8.42 Å². The van der Waals surface area contributed by atoms with Crippen LogP contribution in [-0.2, 0) is 23.1 Å². The number of pyridine rings is 1. The molecule has 0 atom stereocenters. The molecule has 0 aliphatic carbocycles. The van der Waals surface area contributed by atoms with Gasteiger partial charge in [-0.05, 0) is 35.7 Å². The number of sulfonamides is 1. The molecule has 1 N–H and O–H groups in total. The molecule has 0 bridgehead atoms. The van der Waals surface area contributed by atoms with E-state index in [1.807, 2.05) is 43.3 Å². The van der Waals surface area contributed by atoms with Gasteiger partial charge in [0.15, 0.2) is 0 Å². The van der Waals surface area contributed by atoms with Gasteiger partial charge in [-0.2, -0.15) is 5.10 Å². The number of nitrogens with zero attached hydrogens (tertiary/aromatic N) is 4. The molecule has 0 spiro atoms. The van der Waals surface area contributed by atoms with E-state index in [0.29, 0.717) is 12.1 Å². The Morgan fingerprint density at radius 2 is 1.86 bits per heavy atom. The van der Waals surface area contributed by atoms with Gasteiger partial charge in [-0.15, -0.1) is 0 Å². The minimum Gasteiger partial charge on any atom is -0.255 e. The Hall–Kier alpha value is -3.10. The van der Waals surface area contributed by atoms with E-state index in [1.165, 1.54) is 6.33 Å². The molecule has 2 heterocycles. The van der Waals surface area contributed by atoms with Gasteiger partial charge < -0.3 is 0 Å². The van der Waals surface area contributed by atoms with Gasteiger partial charge >= 0.3 is 0 Å². The van der Waals surface area contributed by atoms with Crippen LogP contribution in [-0.4, -0.2) is 28.2 Å². The zero-order valence-electron chi connectivity index (χ0n) is 15.3. The van der Waals surface area contributed by atoms with Gasteiger partial charge in [0, 0.05) is 18.1 Å². The standard InChI is InChI=1S/C20H19N5O2S/c1-15-9-18-3-2-4-19(20(18)22-10-15)28(26,27)24-11-16-5-7-17(8-6-16)12-25-14-21-13-23-25/h2-10,13-14,24H,11-12H2,1H3. The summed E-state index contributed by atoms with van der Waals surface area (Å²) in [6.45, 7) is 2.75. The van der Waals surface area contributed by atoms with Crippen LogP contribution in [0.4, 0.5) is 0 Å². The number of rotatable bonds is 6. The predicted octanol–water partition coefficient (Wildman–Crippen LogP) is 2.66. The molecule has 8 heteroatoms. The quantitative estimate of drug-likeness (QED) is 0.544. The number of hydrogen-bond donors (Lipinski definition) is 1. The number of fused-ring (bicyclic) bond motifs is 1. The third-order valence-corrected chi connectivity index (χ3v) is 5.83. The van der Waals surface area contributed by atoms with Gasteiger partial charge in [0.25, 0.3) is 0 Å². The summed E-state index contributed by atoms with van der Waals surface area (Å²) in [6.07, 6.45) is 4.82. The molecule has 0 amide bonds. The Bertz CT molecular complexity index is 1200. The van der Waals surface area contributed by atoms with Crippen LogP contribution in [0.3, 0.4) is 0 Å². The Kier molecular flexibility index (Phi) is 4.89. The molecule has 28 heavy (non-hydrogen) atoms. The summed E-state index contributed by atoms with van der Waals surface area (Å²) in [4.78, 5) is 8.42. The zero-order chi connectivity index (χ0) is 19.6. The highest BCUT2D eigenvalue weighted by atomic mass is 32.2. The van der Waals surface area contributed by atoms with E-state index in [2.05, 4.69) is 19.8 Å². The second-order valence-electron chi connectivity index (χ2n) is 6.57. The molecule has 7 nitrogen and oxygen atoms in total. The van der Waals surface area contributed by atoms with E-state index in [-0.39, 0.29) is 11.4 Å². The Balaban J connectivity index is 1.50. The normalized spacial score (nSPS) is 11.8. The van der Waals surface area contributed by atoms with Crippen molar-refractivity contribution in [3.8, 4) is 0 Å². The first-order valence-corrected chi connectivity index (χ1v) is 10.2. The number of benzene rings is 2. The molecule has 0 fully saturated rings. The van der Waals surface area contributed by atoms with Crippen LogP contribution in [0.5, 0.6) is 0 Å². The summed E-state index contributed by atoms with van der Waals surface area (Å²) in [7, 11) is -3.68. The summed E-state index contributed by atoms with van der Waals surface area (Å²) in [5.41, 5.74) is 3.39. The van der Waals surface area contributed by atoms with Crippen molar-refractivity contribution in [1.82, 2.24) is 24.5 Å². The lowest BCUT2D eigenvalue weighted by atomic mass is 10.1. The first kappa shape index (κ1) is 18.3. The second kappa shape index (κ2) is 7.49. The van der Waals surface area contributed by atoms with Crippen LogP contribution < -0.4 is 4.72 Å². The van der Waals surface area contributed by atoms with E-state index in [0.717, 1.165) is 22.1 Å². The molecule has 4 rings (SSSR count). The maximum Gasteiger partial charge on any atom is 0.243 e. The third-order valence-electron chi connectivity index (χ3n) is 4.40. The monoisotopic (exact) mass is 393 g/mol. The second-order valence-corrected chi connectivity index (χ2v) is 8.31. The van der Waals surface area contributed by atoms with Crippen molar-refractivity contribution in [3.05, 3.63) is 84.1 Å². The first-order chi connectivity index (χ1) is 13.5. The average Bonchev–Trinajstić information content (AvgIpc) is 3.20. The van der Waals surface area contributed by atoms with Gasteiger partial charge in [-0.1, -0.05) is 36.4 Å². The lowest BCUT2D eigenvalue weighted by Gasteiger charge is -2.10. The molecule has 0 aliphatic rings. The molecular formula is C20H19N5O2S. The SMILES string of the molecule is Cc1cnc2c(S(=O)(=O)NCc3ccc(Cn4cncn4)cc3)cccc2c1. The van der Waals surface area contributed by atoms with Crippen molar-refractivity contribution in [1.29, 1.82) is 0 Å². The fourth-order valence-electron chi connectivity index (χ4n) is 2.98. The molecule has 142 valence electrons. The van der Waals surface area contributed by atoms with Crippen molar-refractivity contribution in [2.45, 2.75) is 24.9 Å². The van der Waals surface area contributed by atoms with Gasteiger partial charge in [0.2, 0.25) is 10.0 Å². The molecule has 2 aromatic heterocycles. The minimum absolute atomic E-state index is 0.188. The van der Waals surface area contributed by atoms with Crippen LogP contribution in [0.1, 0.15) is 16.7 Å². The maximum absolute atomic E-state index is 12.8. The number of aromatic nitrogens is 4. The fraction of sp³-hybridized carbons (Fsp3) is 0.150.